The van der Waals surface area contributed by atoms with Crippen LogP contribution < -0.4 is 0 Å². The van der Waals surface area contributed by atoms with Crippen molar-refractivity contribution < 1.29 is 19.0 Å². The summed E-state index contributed by atoms with van der Waals surface area (Å²) in [7, 11) is 3.55. The van der Waals surface area contributed by atoms with Crippen LogP contribution in [-0.2, 0) is 19.0 Å². The van der Waals surface area contributed by atoms with Gasteiger partial charge in [-0.2, -0.15) is 0 Å². The molecule has 168 valence electrons. The van der Waals surface area contributed by atoms with Gasteiger partial charge in [-0.05, 0) is 55.8 Å². The minimum atomic E-state index is -0.324. The van der Waals surface area contributed by atoms with Crippen LogP contribution in [0.15, 0.2) is 0 Å². The van der Waals surface area contributed by atoms with Gasteiger partial charge in [0.1, 0.15) is 12.6 Å². The summed E-state index contributed by atoms with van der Waals surface area (Å²) in [5.41, 5.74) is -0.298. The van der Waals surface area contributed by atoms with Gasteiger partial charge in [-0.1, -0.05) is 47.5 Å². The molecule has 0 heterocycles. The Labute approximate surface area is 178 Å². The second kappa shape index (κ2) is 8.59. The third kappa shape index (κ3) is 3.51. The van der Waals surface area contributed by atoms with E-state index in [1.54, 1.807) is 7.11 Å². The van der Waals surface area contributed by atoms with Crippen molar-refractivity contribution >= 4 is 5.78 Å². The predicted molar refractivity (Wildman–Crippen MR) is 116 cm³/mol. The number of hydrogen-bond donors (Lipinski definition) is 0. The molecule has 0 spiro atoms. The van der Waals surface area contributed by atoms with E-state index in [-0.39, 0.29) is 41.2 Å². The van der Waals surface area contributed by atoms with Gasteiger partial charge in [0.25, 0.3) is 0 Å². The molecule has 0 amide bonds. The molecule has 0 aromatic rings. The van der Waals surface area contributed by atoms with Crippen LogP contribution in [0.2, 0.25) is 0 Å². The number of rotatable bonds is 7. The fourth-order valence-corrected chi connectivity index (χ4v) is 7.67. The van der Waals surface area contributed by atoms with Crippen molar-refractivity contribution in [3.05, 3.63) is 0 Å². The van der Waals surface area contributed by atoms with E-state index in [9.17, 15) is 4.79 Å². The first kappa shape index (κ1) is 23.2. The Hall–Kier alpha value is -0.450. The highest BCUT2D eigenvalue weighted by Gasteiger charge is 2.68. The van der Waals surface area contributed by atoms with E-state index in [4.69, 9.17) is 14.2 Å². The molecule has 3 fully saturated rings. The van der Waals surface area contributed by atoms with E-state index < -0.39 is 0 Å². The van der Waals surface area contributed by atoms with Gasteiger partial charge < -0.3 is 14.2 Å². The van der Waals surface area contributed by atoms with Crippen molar-refractivity contribution in [2.75, 3.05) is 21.0 Å². The summed E-state index contributed by atoms with van der Waals surface area (Å²) >= 11 is 0. The smallest absolute Gasteiger partial charge is 0.146 e. The SMILES string of the molecule is CCCC[C@]1(C)C[C@@H](OCOC)[C@@]2(C)C3[C@H](OC)CCC3(CC[C@H]2C)[C@@H](C)C1=O. The topological polar surface area (TPSA) is 44.8 Å². The number of unbranched alkanes of at least 4 members (excludes halogenated alkanes) is 1. The van der Waals surface area contributed by atoms with Crippen molar-refractivity contribution in [3.63, 3.8) is 0 Å². The second-order valence-electron chi connectivity index (χ2n) is 10.8. The van der Waals surface area contributed by atoms with E-state index in [1.807, 2.05) is 7.11 Å². The summed E-state index contributed by atoms with van der Waals surface area (Å²) in [6.45, 7) is 11.8. The van der Waals surface area contributed by atoms with Crippen LogP contribution in [0.4, 0.5) is 0 Å². The third-order valence-electron chi connectivity index (χ3n) is 9.61. The number of carbonyl (C=O) groups is 1. The number of ether oxygens (including phenoxy) is 3. The summed E-state index contributed by atoms with van der Waals surface area (Å²) in [4.78, 5) is 14.0. The molecule has 4 heteroatoms. The summed E-state index contributed by atoms with van der Waals surface area (Å²) in [5.74, 6) is 1.45. The van der Waals surface area contributed by atoms with Crippen molar-refractivity contribution in [1.29, 1.82) is 0 Å². The molecule has 8 atom stereocenters. The lowest BCUT2D eigenvalue weighted by atomic mass is 9.43. The van der Waals surface area contributed by atoms with Crippen LogP contribution in [-0.4, -0.2) is 39.0 Å². The second-order valence-corrected chi connectivity index (χ2v) is 10.8. The minimum Gasteiger partial charge on any atom is -0.381 e. The summed E-state index contributed by atoms with van der Waals surface area (Å²) in [6.07, 6.45) is 8.66. The minimum absolute atomic E-state index is 0.0104. The van der Waals surface area contributed by atoms with E-state index in [0.717, 1.165) is 44.9 Å². The van der Waals surface area contributed by atoms with Gasteiger partial charge in [0.05, 0.1) is 12.2 Å². The number of Topliss-reactive ketones (excluding diaryl/α,β-unsaturated/α-hetero) is 1. The molecule has 4 nitrogen and oxygen atoms in total. The molecule has 29 heavy (non-hydrogen) atoms. The number of ketones is 1. The normalized spacial score (nSPS) is 47.6. The molecule has 3 aliphatic carbocycles. The fraction of sp³-hybridized carbons (Fsp3) is 0.960. The molecule has 3 saturated carbocycles. The maximum Gasteiger partial charge on any atom is 0.146 e. The first-order valence-corrected chi connectivity index (χ1v) is 11.9. The molecule has 3 rings (SSSR count). The number of hydrogen-bond acceptors (Lipinski definition) is 4. The van der Waals surface area contributed by atoms with Crippen molar-refractivity contribution in [2.24, 2.45) is 34.0 Å². The average Bonchev–Trinajstić information content (AvgIpc) is 3.11. The molecule has 2 bridgehead atoms. The monoisotopic (exact) mass is 408 g/mol. The zero-order chi connectivity index (χ0) is 21.4. The van der Waals surface area contributed by atoms with Crippen LogP contribution in [0.1, 0.15) is 86.0 Å². The highest BCUT2D eigenvalue weighted by molar-refractivity contribution is 5.87. The average molecular weight is 409 g/mol. The zero-order valence-electron chi connectivity index (χ0n) is 19.9. The molecule has 0 aliphatic heterocycles. The van der Waals surface area contributed by atoms with E-state index >= 15 is 0 Å². The van der Waals surface area contributed by atoms with Crippen LogP contribution in [0.25, 0.3) is 0 Å². The number of carbonyl (C=O) groups excluding carboxylic acids is 1. The number of methoxy groups -OCH3 is 2. The Bertz CT molecular complexity index is 591. The first-order valence-electron chi connectivity index (χ1n) is 11.9. The lowest BCUT2D eigenvalue weighted by Crippen LogP contribution is -2.63. The fourth-order valence-electron chi connectivity index (χ4n) is 7.67. The molecule has 0 aromatic carbocycles. The highest BCUT2D eigenvalue weighted by Crippen LogP contribution is 2.68. The third-order valence-corrected chi connectivity index (χ3v) is 9.61. The predicted octanol–water partition coefficient (Wildman–Crippen LogP) is 5.63. The zero-order valence-corrected chi connectivity index (χ0v) is 19.9. The molecule has 0 radical (unpaired) electrons. The summed E-state index contributed by atoms with van der Waals surface area (Å²) in [6, 6.07) is 0. The van der Waals surface area contributed by atoms with Crippen molar-refractivity contribution in [1.82, 2.24) is 0 Å². The maximum atomic E-state index is 14.0. The quantitative estimate of drug-likeness (QED) is 0.512. The molecule has 0 N–H and O–H groups in total. The van der Waals surface area contributed by atoms with Crippen molar-refractivity contribution in [3.8, 4) is 0 Å². The molecule has 0 saturated heterocycles. The molecular weight excluding hydrogens is 364 g/mol. The van der Waals surface area contributed by atoms with Crippen LogP contribution >= 0.6 is 0 Å². The Morgan fingerprint density at radius 2 is 1.79 bits per heavy atom. The van der Waals surface area contributed by atoms with Gasteiger partial charge in [0, 0.05) is 31.0 Å². The summed E-state index contributed by atoms with van der Waals surface area (Å²) in [5, 5.41) is 0. The van der Waals surface area contributed by atoms with Crippen LogP contribution in [0.3, 0.4) is 0 Å². The lowest BCUT2D eigenvalue weighted by Gasteiger charge is -2.62. The Balaban J connectivity index is 2.14. The Morgan fingerprint density at radius 1 is 1.10 bits per heavy atom. The molecule has 2 unspecified atom stereocenters. The standard InChI is InChI=1S/C25H44O4/c1-8-9-12-23(4)15-20(29-16-27-6)24(5)17(2)10-13-25(18(3)22(23)26)14-11-19(28-7)21(24)25/h17-21H,8-16H2,1-7H3/t17-,18+,19-,20-,21?,23-,24+,25?/m1/s1. The molecule has 3 aliphatic rings. The van der Waals surface area contributed by atoms with Crippen LogP contribution in [0.5, 0.6) is 0 Å². The lowest BCUT2D eigenvalue weighted by molar-refractivity contribution is -0.220. The molecular formula is C25H44O4. The van der Waals surface area contributed by atoms with E-state index in [0.29, 0.717) is 17.6 Å². The van der Waals surface area contributed by atoms with Gasteiger partial charge in [-0.15, -0.1) is 0 Å². The maximum absolute atomic E-state index is 14.0. The Morgan fingerprint density at radius 3 is 2.41 bits per heavy atom. The van der Waals surface area contributed by atoms with Gasteiger partial charge in [0.2, 0.25) is 0 Å². The van der Waals surface area contributed by atoms with Gasteiger partial charge >= 0.3 is 0 Å². The highest BCUT2D eigenvalue weighted by atomic mass is 16.7. The molecule has 0 aromatic heterocycles. The first-order chi connectivity index (χ1) is 13.7. The van der Waals surface area contributed by atoms with Crippen molar-refractivity contribution in [2.45, 2.75) is 98.2 Å². The van der Waals surface area contributed by atoms with E-state index in [1.165, 1.54) is 6.42 Å². The van der Waals surface area contributed by atoms with Gasteiger partial charge in [0.15, 0.2) is 0 Å². The Kier molecular flexibility index (Phi) is 6.88. The van der Waals surface area contributed by atoms with Gasteiger partial charge in [-0.3, -0.25) is 4.79 Å². The van der Waals surface area contributed by atoms with Crippen LogP contribution in [0, 0.1) is 34.0 Å². The van der Waals surface area contributed by atoms with E-state index in [2.05, 4.69) is 34.6 Å². The largest absolute Gasteiger partial charge is 0.381 e. The summed E-state index contributed by atoms with van der Waals surface area (Å²) < 4.78 is 17.9. The van der Waals surface area contributed by atoms with Gasteiger partial charge in [-0.25, -0.2) is 0 Å².